The molecule has 0 radical (unpaired) electrons. The van der Waals surface area contributed by atoms with Crippen molar-refractivity contribution in [1.29, 1.82) is 0 Å². The van der Waals surface area contributed by atoms with E-state index in [0.29, 0.717) is 5.96 Å². The molecule has 0 aliphatic heterocycles. The molecule has 4 N–H and O–H groups in total. The molecule has 100 valence electrons. The number of rotatable bonds is 4. The molecule has 0 bridgehead atoms. The zero-order chi connectivity index (χ0) is 13.5. The maximum atomic E-state index is 12.8. The fourth-order valence-corrected chi connectivity index (χ4v) is 1.62. The molecule has 1 rings (SSSR count). The number of nitrogens with one attached hydrogen (secondary N) is 2. The first-order valence-corrected chi connectivity index (χ1v) is 6.06. The second-order valence-corrected chi connectivity index (χ2v) is 4.60. The number of nitrogens with zero attached hydrogens (tertiary/aromatic N) is 1. The normalized spacial score (nSPS) is 13.6. The van der Waals surface area contributed by atoms with Crippen LogP contribution in [-0.4, -0.2) is 18.0 Å². The van der Waals surface area contributed by atoms with Crippen LogP contribution >= 0.6 is 0 Å². The Morgan fingerprint density at radius 3 is 2.39 bits per heavy atom. The largest absolute Gasteiger partial charge is 0.353 e. The molecule has 18 heavy (non-hydrogen) atoms. The van der Waals surface area contributed by atoms with Crippen LogP contribution in [-0.2, 0) is 6.42 Å². The molecule has 0 aliphatic rings. The summed E-state index contributed by atoms with van der Waals surface area (Å²) in [6, 6.07) is 6.78. The van der Waals surface area contributed by atoms with Gasteiger partial charge in [-0.05, 0) is 44.9 Å². The maximum absolute atomic E-state index is 12.8. The minimum absolute atomic E-state index is 0.0627. The lowest BCUT2D eigenvalue weighted by Crippen LogP contribution is -2.45. The quantitative estimate of drug-likeness (QED) is 0.330. The van der Waals surface area contributed by atoms with Gasteiger partial charge in [0.2, 0.25) is 5.96 Å². The zero-order valence-electron chi connectivity index (χ0n) is 11.1. The number of hydrogen-bond acceptors (Lipinski definition) is 2. The number of nitrogens with two attached hydrogens (primary N) is 1. The minimum atomic E-state index is -0.222. The summed E-state index contributed by atoms with van der Waals surface area (Å²) in [5.41, 5.74) is 3.59. The van der Waals surface area contributed by atoms with E-state index in [2.05, 4.69) is 15.7 Å². The van der Waals surface area contributed by atoms with Gasteiger partial charge in [-0.15, -0.1) is 0 Å². The summed E-state index contributed by atoms with van der Waals surface area (Å²) >= 11 is 0. The number of halogens is 1. The summed E-state index contributed by atoms with van der Waals surface area (Å²) in [6.07, 6.45) is 0.741. The van der Waals surface area contributed by atoms with Crippen LogP contribution in [0.25, 0.3) is 0 Å². The third-order valence-electron chi connectivity index (χ3n) is 2.36. The lowest BCUT2D eigenvalue weighted by Gasteiger charge is -2.14. The number of benzene rings is 1. The molecule has 5 heteroatoms. The van der Waals surface area contributed by atoms with Gasteiger partial charge in [-0.1, -0.05) is 12.1 Å². The van der Waals surface area contributed by atoms with Gasteiger partial charge in [-0.25, -0.2) is 15.2 Å². The molecule has 0 saturated heterocycles. The lowest BCUT2D eigenvalue weighted by molar-refractivity contribution is 0.625. The van der Waals surface area contributed by atoms with Crippen LogP contribution < -0.4 is 16.6 Å². The van der Waals surface area contributed by atoms with Crippen molar-refractivity contribution in [3.63, 3.8) is 0 Å². The van der Waals surface area contributed by atoms with E-state index in [1.54, 1.807) is 12.1 Å². The van der Waals surface area contributed by atoms with Crippen LogP contribution in [0.2, 0.25) is 0 Å². The second-order valence-electron chi connectivity index (χ2n) is 4.60. The molecule has 0 fully saturated rings. The fourth-order valence-electron chi connectivity index (χ4n) is 1.62. The maximum Gasteiger partial charge on any atom is 0.206 e. The van der Waals surface area contributed by atoms with Crippen LogP contribution in [0.1, 0.15) is 26.3 Å². The Labute approximate surface area is 107 Å². The SMILES string of the molecule is CC(Cc1ccc(F)cc1)N=C(NN)NC(C)C. The standard InChI is InChI=1S/C13H21FN4/c1-9(2)16-13(18-15)17-10(3)8-11-4-6-12(14)7-5-11/h4-7,9-10H,8,15H2,1-3H3,(H2,16,17,18). The Bertz CT molecular complexity index is 386. The van der Waals surface area contributed by atoms with Crippen molar-refractivity contribution in [3.05, 3.63) is 35.6 Å². The van der Waals surface area contributed by atoms with E-state index in [4.69, 9.17) is 5.84 Å². The molecule has 1 atom stereocenters. The third-order valence-corrected chi connectivity index (χ3v) is 2.36. The van der Waals surface area contributed by atoms with Crippen molar-refractivity contribution in [3.8, 4) is 0 Å². The van der Waals surface area contributed by atoms with Gasteiger partial charge in [-0.3, -0.25) is 5.43 Å². The number of guanidine groups is 1. The van der Waals surface area contributed by atoms with Crippen molar-refractivity contribution in [1.82, 2.24) is 10.7 Å². The topological polar surface area (TPSA) is 62.4 Å². The third kappa shape index (κ3) is 5.14. The predicted molar refractivity (Wildman–Crippen MR) is 72.6 cm³/mol. The molecule has 0 heterocycles. The van der Waals surface area contributed by atoms with E-state index >= 15 is 0 Å². The molecule has 4 nitrogen and oxygen atoms in total. The van der Waals surface area contributed by atoms with E-state index in [1.165, 1.54) is 12.1 Å². The van der Waals surface area contributed by atoms with Crippen LogP contribution in [0.4, 0.5) is 4.39 Å². The van der Waals surface area contributed by atoms with Crippen LogP contribution in [0.5, 0.6) is 0 Å². The molecular weight excluding hydrogens is 231 g/mol. The summed E-state index contributed by atoms with van der Waals surface area (Å²) < 4.78 is 12.8. The Kier molecular flexibility index (Phi) is 5.58. The van der Waals surface area contributed by atoms with Crippen LogP contribution in [0, 0.1) is 5.82 Å². The van der Waals surface area contributed by atoms with Gasteiger partial charge < -0.3 is 5.32 Å². The molecule has 1 aromatic rings. The first-order chi connectivity index (χ1) is 8.51. The van der Waals surface area contributed by atoms with Gasteiger partial charge in [0.25, 0.3) is 0 Å². The molecule has 1 unspecified atom stereocenters. The highest BCUT2D eigenvalue weighted by Crippen LogP contribution is 2.07. The zero-order valence-corrected chi connectivity index (χ0v) is 11.1. The van der Waals surface area contributed by atoms with Gasteiger partial charge in [0.15, 0.2) is 0 Å². The van der Waals surface area contributed by atoms with E-state index in [9.17, 15) is 4.39 Å². The Balaban J connectivity index is 2.61. The van der Waals surface area contributed by atoms with Crippen LogP contribution in [0.3, 0.4) is 0 Å². The average molecular weight is 252 g/mol. The Morgan fingerprint density at radius 2 is 1.89 bits per heavy atom. The first-order valence-electron chi connectivity index (χ1n) is 6.06. The van der Waals surface area contributed by atoms with Gasteiger partial charge in [0.1, 0.15) is 5.82 Å². The van der Waals surface area contributed by atoms with Gasteiger partial charge in [0, 0.05) is 6.04 Å². The van der Waals surface area contributed by atoms with Crippen molar-refractivity contribution in [2.24, 2.45) is 10.8 Å². The molecular formula is C13H21FN4. The first kappa shape index (κ1) is 14.4. The summed E-state index contributed by atoms with van der Waals surface area (Å²) in [6.45, 7) is 6.01. The van der Waals surface area contributed by atoms with Crippen molar-refractivity contribution in [2.45, 2.75) is 39.3 Å². The predicted octanol–water partition coefficient (Wildman–Crippen LogP) is 1.57. The monoisotopic (exact) mass is 252 g/mol. The highest BCUT2D eigenvalue weighted by Gasteiger charge is 2.05. The van der Waals surface area contributed by atoms with E-state index in [0.717, 1.165) is 12.0 Å². The summed E-state index contributed by atoms with van der Waals surface area (Å²) in [5.74, 6) is 5.74. The van der Waals surface area contributed by atoms with Crippen LogP contribution in [0.15, 0.2) is 29.3 Å². The summed E-state index contributed by atoms with van der Waals surface area (Å²) in [5, 5.41) is 3.11. The Hall–Kier alpha value is -1.62. The van der Waals surface area contributed by atoms with Gasteiger partial charge in [-0.2, -0.15) is 0 Å². The van der Waals surface area contributed by atoms with E-state index in [1.807, 2.05) is 20.8 Å². The highest BCUT2D eigenvalue weighted by atomic mass is 19.1. The van der Waals surface area contributed by atoms with E-state index < -0.39 is 0 Å². The highest BCUT2D eigenvalue weighted by molar-refractivity contribution is 5.79. The lowest BCUT2D eigenvalue weighted by atomic mass is 10.1. The summed E-state index contributed by atoms with van der Waals surface area (Å²) in [7, 11) is 0. The van der Waals surface area contributed by atoms with Crippen molar-refractivity contribution < 1.29 is 4.39 Å². The van der Waals surface area contributed by atoms with Gasteiger partial charge in [0.05, 0.1) is 6.04 Å². The number of hydrogen-bond donors (Lipinski definition) is 3. The molecule has 0 amide bonds. The Morgan fingerprint density at radius 1 is 1.28 bits per heavy atom. The summed E-state index contributed by atoms with van der Waals surface area (Å²) in [4.78, 5) is 4.43. The average Bonchev–Trinajstić information content (AvgIpc) is 2.30. The van der Waals surface area contributed by atoms with Crippen molar-refractivity contribution >= 4 is 5.96 Å². The van der Waals surface area contributed by atoms with Gasteiger partial charge >= 0.3 is 0 Å². The second kappa shape index (κ2) is 6.96. The molecule has 0 aliphatic carbocycles. The molecule has 1 aromatic carbocycles. The fraction of sp³-hybridized carbons (Fsp3) is 0.462. The molecule has 0 spiro atoms. The minimum Gasteiger partial charge on any atom is -0.353 e. The number of aliphatic imine (C=N–C) groups is 1. The van der Waals surface area contributed by atoms with E-state index in [-0.39, 0.29) is 17.9 Å². The van der Waals surface area contributed by atoms with Crippen molar-refractivity contribution in [2.75, 3.05) is 0 Å². The molecule has 0 saturated carbocycles. The number of hydrazine groups is 1. The molecule has 0 aromatic heterocycles. The smallest absolute Gasteiger partial charge is 0.206 e.